The van der Waals surface area contributed by atoms with E-state index >= 15 is 0 Å². The highest BCUT2D eigenvalue weighted by molar-refractivity contribution is 6.08. The minimum atomic E-state index is -0.351. The van der Waals surface area contributed by atoms with E-state index in [0.717, 1.165) is 11.1 Å². The maximum Gasteiger partial charge on any atom is 0.255 e. The molecule has 0 atom stereocenters. The second-order valence-corrected chi connectivity index (χ2v) is 6.56. The molecule has 0 heterocycles. The molecule has 3 aromatic carbocycles. The molecular weight excluding hydrogens is 350 g/mol. The molecule has 5 heteroatoms. The van der Waals surface area contributed by atoms with Crippen LogP contribution in [-0.2, 0) is 0 Å². The third-order valence-corrected chi connectivity index (χ3v) is 4.12. The molecule has 2 amide bonds. The van der Waals surface area contributed by atoms with Crippen LogP contribution in [0, 0.1) is 25.2 Å². The van der Waals surface area contributed by atoms with E-state index in [1.807, 2.05) is 38.1 Å². The van der Waals surface area contributed by atoms with Crippen molar-refractivity contribution < 1.29 is 9.59 Å². The number of hydrogen-bond acceptors (Lipinski definition) is 3. The van der Waals surface area contributed by atoms with Crippen LogP contribution in [0.1, 0.15) is 37.4 Å². The zero-order valence-corrected chi connectivity index (χ0v) is 15.6. The van der Waals surface area contributed by atoms with E-state index in [2.05, 4.69) is 10.6 Å². The zero-order chi connectivity index (χ0) is 20.1. The molecule has 2 N–H and O–H groups in total. The van der Waals surface area contributed by atoms with Gasteiger partial charge in [0.1, 0.15) is 0 Å². The minimum absolute atomic E-state index is 0.286. The molecule has 0 spiro atoms. The molecule has 0 aromatic heterocycles. The molecule has 5 nitrogen and oxygen atoms in total. The Morgan fingerprint density at radius 1 is 0.750 bits per heavy atom. The maximum absolute atomic E-state index is 12.6. The van der Waals surface area contributed by atoms with Gasteiger partial charge in [0.15, 0.2) is 0 Å². The van der Waals surface area contributed by atoms with Gasteiger partial charge in [0.25, 0.3) is 11.8 Å². The number of nitrogens with zero attached hydrogens (tertiary/aromatic N) is 1. The van der Waals surface area contributed by atoms with Crippen molar-refractivity contribution in [1.29, 1.82) is 5.26 Å². The fourth-order valence-electron chi connectivity index (χ4n) is 2.92. The minimum Gasteiger partial charge on any atom is -0.322 e. The summed E-state index contributed by atoms with van der Waals surface area (Å²) in [5, 5.41) is 14.6. The van der Waals surface area contributed by atoms with Crippen molar-refractivity contribution in [1.82, 2.24) is 0 Å². The number of benzene rings is 3. The number of rotatable bonds is 4. The lowest BCUT2D eigenvalue weighted by molar-refractivity contribution is 0.102. The highest BCUT2D eigenvalue weighted by Crippen LogP contribution is 2.16. The van der Waals surface area contributed by atoms with E-state index in [4.69, 9.17) is 5.26 Å². The van der Waals surface area contributed by atoms with Gasteiger partial charge >= 0.3 is 0 Å². The van der Waals surface area contributed by atoms with Gasteiger partial charge < -0.3 is 10.6 Å². The standard InChI is InChI=1S/C23H19N3O2/c1-15-9-16(2)11-21(10-15)26-23(28)19-7-4-6-18(13-19)22(27)25-20-8-3-5-17(12-20)14-24/h3-13H,1-2H3,(H,25,27)(H,26,28). The number of hydrogen-bond donors (Lipinski definition) is 2. The molecule has 0 unspecified atom stereocenters. The largest absolute Gasteiger partial charge is 0.322 e. The van der Waals surface area contributed by atoms with Gasteiger partial charge in [-0.15, -0.1) is 0 Å². The number of amides is 2. The van der Waals surface area contributed by atoms with Crippen LogP contribution < -0.4 is 10.6 Å². The predicted molar refractivity (Wildman–Crippen MR) is 109 cm³/mol. The van der Waals surface area contributed by atoms with Crippen molar-refractivity contribution >= 4 is 23.2 Å². The number of aryl methyl sites for hydroxylation is 2. The Kier molecular flexibility index (Phi) is 5.52. The molecule has 0 fully saturated rings. The van der Waals surface area contributed by atoms with E-state index in [0.29, 0.717) is 28.1 Å². The lowest BCUT2D eigenvalue weighted by atomic mass is 10.1. The second-order valence-electron chi connectivity index (χ2n) is 6.56. The zero-order valence-electron chi connectivity index (χ0n) is 15.6. The maximum atomic E-state index is 12.6. The normalized spacial score (nSPS) is 10.0. The first-order chi connectivity index (χ1) is 13.4. The van der Waals surface area contributed by atoms with Crippen LogP contribution in [0.25, 0.3) is 0 Å². The van der Waals surface area contributed by atoms with Gasteiger partial charge in [-0.2, -0.15) is 5.26 Å². The van der Waals surface area contributed by atoms with Gasteiger partial charge in [0, 0.05) is 22.5 Å². The number of carbonyl (C=O) groups excluding carboxylic acids is 2. The van der Waals surface area contributed by atoms with Crippen LogP contribution in [0.15, 0.2) is 66.7 Å². The first kappa shape index (κ1) is 18.9. The smallest absolute Gasteiger partial charge is 0.255 e. The summed E-state index contributed by atoms with van der Waals surface area (Å²) in [4.78, 5) is 25.1. The number of nitriles is 1. The summed E-state index contributed by atoms with van der Waals surface area (Å²) in [6.07, 6.45) is 0. The fraction of sp³-hybridized carbons (Fsp3) is 0.0870. The molecule has 0 radical (unpaired) electrons. The van der Waals surface area contributed by atoms with Crippen LogP contribution in [-0.4, -0.2) is 11.8 Å². The average molecular weight is 369 g/mol. The Balaban J connectivity index is 1.76. The van der Waals surface area contributed by atoms with Crippen molar-refractivity contribution in [3.8, 4) is 6.07 Å². The van der Waals surface area contributed by atoms with Gasteiger partial charge in [-0.3, -0.25) is 9.59 Å². The summed E-state index contributed by atoms with van der Waals surface area (Å²) in [5.74, 6) is -0.637. The molecule has 0 bridgehead atoms. The van der Waals surface area contributed by atoms with Crippen LogP contribution in [0.3, 0.4) is 0 Å². The Labute approximate surface area is 163 Å². The van der Waals surface area contributed by atoms with Gasteiger partial charge in [-0.25, -0.2) is 0 Å². The first-order valence-electron chi connectivity index (χ1n) is 8.76. The summed E-state index contributed by atoms with van der Waals surface area (Å²) in [6, 6.07) is 21.0. The monoisotopic (exact) mass is 369 g/mol. The molecule has 0 aliphatic carbocycles. The summed E-state index contributed by atoms with van der Waals surface area (Å²) in [7, 11) is 0. The fourth-order valence-corrected chi connectivity index (χ4v) is 2.92. The molecule has 0 saturated carbocycles. The molecule has 3 aromatic rings. The van der Waals surface area contributed by atoms with Crippen molar-refractivity contribution in [3.63, 3.8) is 0 Å². The van der Waals surface area contributed by atoms with Crippen LogP contribution in [0.5, 0.6) is 0 Å². The SMILES string of the molecule is Cc1cc(C)cc(NC(=O)c2cccc(C(=O)Nc3cccc(C#N)c3)c2)c1. The highest BCUT2D eigenvalue weighted by atomic mass is 16.2. The molecule has 0 aliphatic heterocycles. The number of anilines is 2. The lowest BCUT2D eigenvalue weighted by Crippen LogP contribution is -2.15. The average Bonchev–Trinajstić information content (AvgIpc) is 2.67. The second kappa shape index (κ2) is 8.19. The Bertz CT molecular complexity index is 1080. The van der Waals surface area contributed by atoms with Gasteiger partial charge in [-0.05, 0) is 73.5 Å². The van der Waals surface area contributed by atoms with Crippen molar-refractivity contribution in [2.45, 2.75) is 13.8 Å². The van der Waals surface area contributed by atoms with Crippen molar-refractivity contribution in [2.75, 3.05) is 10.6 Å². The van der Waals surface area contributed by atoms with E-state index < -0.39 is 0 Å². The van der Waals surface area contributed by atoms with Crippen molar-refractivity contribution in [3.05, 3.63) is 94.5 Å². The molecule has 0 saturated heterocycles. The molecular formula is C23H19N3O2. The Morgan fingerprint density at radius 3 is 1.93 bits per heavy atom. The molecule has 0 aliphatic rings. The molecule has 28 heavy (non-hydrogen) atoms. The van der Waals surface area contributed by atoms with Crippen LogP contribution >= 0.6 is 0 Å². The van der Waals surface area contributed by atoms with Gasteiger partial charge in [0.05, 0.1) is 11.6 Å². The quantitative estimate of drug-likeness (QED) is 0.700. The third kappa shape index (κ3) is 4.63. The predicted octanol–water partition coefficient (Wildman–Crippen LogP) is 4.68. The van der Waals surface area contributed by atoms with E-state index in [9.17, 15) is 9.59 Å². The summed E-state index contributed by atoms with van der Waals surface area (Å²) in [6.45, 7) is 3.93. The summed E-state index contributed by atoms with van der Waals surface area (Å²) < 4.78 is 0. The van der Waals surface area contributed by atoms with Gasteiger partial charge in [0.2, 0.25) is 0 Å². The third-order valence-electron chi connectivity index (χ3n) is 4.12. The van der Waals surface area contributed by atoms with E-state index in [-0.39, 0.29) is 11.8 Å². The number of nitrogens with one attached hydrogen (secondary N) is 2. The first-order valence-corrected chi connectivity index (χ1v) is 8.76. The lowest BCUT2D eigenvalue weighted by Gasteiger charge is -2.09. The number of carbonyl (C=O) groups is 2. The molecule has 138 valence electrons. The topological polar surface area (TPSA) is 82.0 Å². The van der Waals surface area contributed by atoms with Crippen LogP contribution in [0.2, 0.25) is 0 Å². The van der Waals surface area contributed by atoms with E-state index in [1.165, 1.54) is 0 Å². The Morgan fingerprint density at radius 2 is 1.32 bits per heavy atom. The van der Waals surface area contributed by atoms with E-state index in [1.54, 1.807) is 48.5 Å². The highest BCUT2D eigenvalue weighted by Gasteiger charge is 2.12. The summed E-state index contributed by atoms with van der Waals surface area (Å²) in [5.41, 5.74) is 4.55. The molecule has 3 rings (SSSR count). The van der Waals surface area contributed by atoms with Crippen LogP contribution in [0.4, 0.5) is 11.4 Å². The summed E-state index contributed by atoms with van der Waals surface area (Å²) >= 11 is 0. The Hall–Kier alpha value is -3.91. The van der Waals surface area contributed by atoms with Crippen molar-refractivity contribution in [2.24, 2.45) is 0 Å². The van der Waals surface area contributed by atoms with Gasteiger partial charge in [-0.1, -0.05) is 18.2 Å².